The van der Waals surface area contributed by atoms with Crippen molar-refractivity contribution in [2.24, 2.45) is 0 Å². The number of carbonyl (C=O) groups is 1. The predicted molar refractivity (Wildman–Crippen MR) is 69.9 cm³/mol. The maximum Gasteiger partial charge on any atom is 0.234 e. The second-order valence-electron chi connectivity index (χ2n) is 5.36. The van der Waals surface area contributed by atoms with Crippen molar-refractivity contribution >= 4 is 5.91 Å². The fourth-order valence-corrected chi connectivity index (χ4v) is 2.24. The first-order chi connectivity index (χ1) is 8.94. The van der Waals surface area contributed by atoms with E-state index in [9.17, 15) is 14.3 Å². The lowest BCUT2D eigenvalue weighted by Crippen LogP contribution is -2.37. The van der Waals surface area contributed by atoms with Gasteiger partial charge in [-0.15, -0.1) is 0 Å². The summed E-state index contributed by atoms with van der Waals surface area (Å²) < 4.78 is 12.7. The Morgan fingerprint density at radius 3 is 2.74 bits per heavy atom. The minimum absolute atomic E-state index is 0.0815. The van der Waals surface area contributed by atoms with E-state index >= 15 is 0 Å². The quantitative estimate of drug-likeness (QED) is 0.851. The van der Waals surface area contributed by atoms with Gasteiger partial charge in [-0.1, -0.05) is 12.1 Å². The van der Waals surface area contributed by atoms with Crippen LogP contribution in [0.5, 0.6) is 0 Å². The number of carbonyl (C=O) groups excluding carboxylic acids is 1. The van der Waals surface area contributed by atoms with Crippen molar-refractivity contribution < 1.29 is 14.3 Å². The van der Waals surface area contributed by atoms with Crippen LogP contribution in [0.3, 0.4) is 0 Å². The monoisotopic (exact) mass is 266 g/mol. The molecular formula is C14H19FN2O2. The summed E-state index contributed by atoms with van der Waals surface area (Å²) in [4.78, 5) is 13.7. The van der Waals surface area contributed by atoms with Crippen LogP contribution in [0.4, 0.5) is 4.39 Å². The number of nitrogens with one attached hydrogen (secondary N) is 1. The van der Waals surface area contributed by atoms with Gasteiger partial charge in [0.05, 0.1) is 12.1 Å². The van der Waals surface area contributed by atoms with E-state index in [1.807, 2.05) is 4.90 Å². The Morgan fingerprint density at radius 2 is 2.16 bits per heavy atom. The SMILES string of the molecule is CC1(O)CCN(CC(=O)NCc2ccc(F)cc2)C1. The molecule has 0 radical (unpaired) electrons. The van der Waals surface area contributed by atoms with Gasteiger partial charge < -0.3 is 10.4 Å². The van der Waals surface area contributed by atoms with Crippen molar-refractivity contribution in [3.8, 4) is 0 Å². The number of β-amino-alcohol motifs (C(OH)–C–C–N with tert-alkyl or cyclic N) is 1. The highest BCUT2D eigenvalue weighted by Crippen LogP contribution is 2.19. The predicted octanol–water partition coefficient (Wildman–Crippen LogP) is 0.899. The first kappa shape index (κ1) is 14.0. The molecule has 1 amide bonds. The molecule has 1 fully saturated rings. The Labute approximate surface area is 112 Å². The molecule has 0 saturated carbocycles. The molecule has 5 heteroatoms. The summed E-state index contributed by atoms with van der Waals surface area (Å²) in [6, 6.07) is 6.05. The van der Waals surface area contributed by atoms with Crippen LogP contribution in [-0.2, 0) is 11.3 Å². The zero-order valence-electron chi connectivity index (χ0n) is 11.0. The second-order valence-corrected chi connectivity index (χ2v) is 5.36. The lowest BCUT2D eigenvalue weighted by molar-refractivity contribution is -0.122. The number of halogens is 1. The number of amides is 1. The largest absolute Gasteiger partial charge is 0.389 e. The Kier molecular flexibility index (Phi) is 4.17. The molecule has 104 valence electrons. The third-order valence-electron chi connectivity index (χ3n) is 3.30. The summed E-state index contributed by atoms with van der Waals surface area (Å²) in [6.07, 6.45) is 0.693. The molecule has 0 aromatic heterocycles. The van der Waals surface area contributed by atoms with Gasteiger partial charge in [-0.05, 0) is 31.0 Å². The van der Waals surface area contributed by atoms with Crippen molar-refractivity contribution in [2.75, 3.05) is 19.6 Å². The van der Waals surface area contributed by atoms with E-state index in [0.29, 0.717) is 19.5 Å². The number of rotatable bonds is 4. The molecule has 4 nitrogen and oxygen atoms in total. The first-order valence-electron chi connectivity index (χ1n) is 6.40. The fourth-order valence-electron chi connectivity index (χ4n) is 2.24. The van der Waals surface area contributed by atoms with E-state index in [4.69, 9.17) is 0 Å². The Morgan fingerprint density at radius 1 is 1.47 bits per heavy atom. The van der Waals surface area contributed by atoms with Crippen molar-refractivity contribution in [3.05, 3.63) is 35.6 Å². The van der Waals surface area contributed by atoms with Gasteiger partial charge in [0.25, 0.3) is 0 Å². The topological polar surface area (TPSA) is 52.6 Å². The van der Waals surface area contributed by atoms with Crippen LogP contribution in [0.1, 0.15) is 18.9 Å². The molecule has 1 heterocycles. The normalized spacial score (nSPS) is 23.5. The lowest BCUT2D eigenvalue weighted by Gasteiger charge is -2.18. The zero-order chi connectivity index (χ0) is 13.9. The summed E-state index contributed by atoms with van der Waals surface area (Å²) in [5.41, 5.74) is 0.181. The zero-order valence-corrected chi connectivity index (χ0v) is 11.0. The molecule has 2 N–H and O–H groups in total. The van der Waals surface area contributed by atoms with E-state index in [1.54, 1.807) is 19.1 Å². The van der Waals surface area contributed by atoms with E-state index < -0.39 is 5.60 Å². The summed E-state index contributed by atoms with van der Waals surface area (Å²) in [5, 5.41) is 12.6. The molecule has 1 saturated heterocycles. The van der Waals surface area contributed by atoms with Crippen molar-refractivity contribution in [1.29, 1.82) is 0 Å². The van der Waals surface area contributed by atoms with Crippen LogP contribution in [-0.4, -0.2) is 41.1 Å². The number of hydrogen-bond acceptors (Lipinski definition) is 3. The van der Waals surface area contributed by atoms with Gasteiger partial charge in [0, 0.05) is 19.6 Å². The van der Waals surface area contributed by atoms with Crippen LogP contribution in [0.2, 0.25) is 0 Å². The van der Waals surface area contributed by atoms with Crippen LogP contribution in [0.15, 0.2) is 24.3 Å². The Balaban J connectivity index is 1.74. The minimum Gasteiger partial charge on any atom is -0.389 e. The molecular weight excluding hydrogens is 247 g/mol. The standard InChI is InChI=1S/C14H19FN2O2/c1-14(19)6-7-17(10-14)9-13(18)16-8-11-2-4-12(15)5-3-11/h2-5,19H,6-10H2,1H3,(H,16,18). The number of benzene rings is 1. The molecule has 1 aliphatic heterocycles. The van der Waals surface area contributed by atoms with Crippen molar-refractivity contribution in [3.63, 3.8) is 0 Å². The third-order valence-corrected chi connectivity index (χ3v) is 3.30. The van der Waals surface area contributed by atoms with Gasteiger partial charge in [0.1, 0.15) is 5.82 Å². The molecule has 19 heavy (non-hydrogen) atoms. The number of hydrogen-bond donors (Lipinski definition) is 2. The van der Waals surface area contributed by atoms with Gasteiger partial charge in [0.2, 0.25) is 5.91 Å². The van der Waals surface area contributed by atoms with Crippen LogP contribution >= 0.6 is 0 Å². The highest BCUT2D eigenvalue weighted by Gasteiger charge is 2.31. The van der Waals surface area contributed by atoms with Crippen molar-refractivity contribution in [2.45, 2.75) is 25.5 Å². The van der Waals surface area contributed by atoms with Gasteiger partial charge in [-0.3, -0.25) is 9.69 Å². The van der Waals surface area contributed by atoms with E-state index in [-0.39, 0.29) is 18.3 Å². The molecule has 1 atom stereocenters. The highest BCUT2D eigenvalue weighted by molar-refractivity contribution is 5.78. The van der Waals surface area contributed by atoms with Crippen LogP contribution in [0, 0.1) is 5.82 Å². The molecule has 1 aliphatic rings. The van der Waals surface area contributed by atoms with Gasteiger partial charge in [0.15, 0.2) is 0 Å². The fraction of sp³-hybridized carbons (Fsp3) is 0.500. The van der Waals surface area contributed by atoms with E-state index in [1.165, 1.54) is 12.1 Å². The molecule has 0 spiro atoms. The van der Waals surface area contributed by atoms with Gasteiger partial charge in [-0.25, -0.2) is 4.39 Å². The number of aliphatic hydroxyl groups is 1. The minimum atomic E-state index is -0.683. The van der Waals surface area contributed by atoms with Crippen LogP contribution < -0.4 is 5.32 Å². The Bertz CT molecular complexity index is 445. The highest BCUT2D eigenvalue weighted by atomic mass is 19.1. The summed E-state index contributed by atoms with van der Waals surface area (Å²) >= 11 is 0. The molecule has 0 bridgehead atoms. The molecule has 1 aromatic carbocycles. The molecule has 0 aliphatic carbocycles. The van der Waals surface area contributed by atoms with Crippen molar-refractivity contribution in [1.82, 2.24) is 10.2 Å². The smallest absolute Gasteiger partial charge is 0.234 e. The van der Waals surface area contributed by atoms with Gasteiger partial charge in [-0.2, -0.15) is 0 Å². The third kappa shape index (κ3) is 4.29. The number of likely N-dealkylation sites (tertiary alicyclic amines) is 1. The first-order valence-corrected chi connectivity index (χ1v) is 6.40. The summed E-state index contributed by atoms with van der Waals surface area (Å²) in [6.45, 7) is 3.72. The molecule has 2 rings (SSSR count). The maximum atomic E-state index is 12.7. The van der Waals surface area contributed by atoms with E-state index in [0.717, 1.165) is 12.1 Å². The summed E-state index contributed by atoms with van der Waals surface area (Å²) in [5.74, 6) is -0.364. The molecule has 1 unspecified atom stereocenters. The maximum absolute atomic E-state index is 12.7. The molecule has 1 aromatic rings. The Hall–Kier alpha value is -1.46. The lowest BCUT2D eigenvalue weighted by atomic mass is 10.1. The van der Waals surface area contributed by atoms with E-state index in [2.05, 4.69) is 5.32 Å². The second kappa shape index (κ2) is 5.67. The average molecular weight is 266 g/mol. The number of nitrogens with zero attached hydrogens (tertiary/aromatic N) is 1. The van der Waals surface area contributed by atoms with Gasteiger partial charge >= 0.3 is 0 Å². The summed E-state index contributed by atoms with van der Waals surface area (Å²) in [7, 11) is 0. The van der Waals surface area contributed by atoms with Crippen LogP contribution in [0.25, 0.3) is 0 Å². The average Bonchev–Trinajstić information content (AvgIpc) is 2.68.